The summed E-state index contributed by atoms with van der Waals surface area (Å²) in [4.78, 5) is 0. The Morgan fingerprint density at radius 2 is 2.00 bits per heavy atom. The molecule has 0 fully saturated rings. The topological polar surface area (TPSA) is 3.24 Å². The van der Waals surface area contributed by atoms with Crippen LogP contribution in [0.1, 0.15) is 0 Å². The first-order valence-corrected chi connectivity index (χ1v) is 4.50. The van der Waals surface area contributed by atoms with Crippen LogP contribution in [-0.4, -0.2) is 0 Å². The molecule has 0 aliphatic rings. The molecule has 54 valence electrons. The lowest BCUT2D eigenvalue weighted by Gasteiger charge is -2.05. The van der Waals surface area contributed by atoms with Gasteiger partial charge in [0.2, 0.25) is 0 Å². The molecule has 0 saturated carbocycles. The number of anilines is 1. The van der Waals surface area contributed by atoms with Crippen molar-refractivity contribution >= 4 is 51.4 Å². The molecular formula is C6H4FI2N. The highest BCUT2D eigenvalue weighted by Crippen LogP contribution is 2.22. The van der Waals surface area contributed by atoms with E-state index in [-0.39, 0.29) is 5.82 Å². The molecule has 4 heteroatoms. The molecule has 1 aromatic carbocycles. The largest absolute Gasteiger partial charge is 0.255 e. The Morgan fingerprint density at radius 3 is 2.40 bits per heavy atom. The van der Waals surface area contributed by atoms with E-state index >= 15 is 0 Å². The predicted octanol–water partition coefficient (Wildman–Crippen LogP) is 3.33. The van der Waals surface area contributed by atoms with E-state index in [0.29, 0.717) is 0 Å². The minimum Gasteiger partial charge on any atom is -0.255 e. The maximum Gasteiger partial charge on any atom is 0.125 e. The fourth-order valence-electron chi connectivity index (χ4n) is 0.581. The molecule has 0 radical (unpaired) electrons. The van der Waals surface area contributed by atoms with Crippen LogP contribution in [0.4, 0.5) is 10.1 Å². The van der Waals surface area contributed by atoms with E-state index in [1.165, 1.54) is 12.1 Å². The van der Waals surface area contributed by atoms with E-state index in [2.05, 4.69) is 45.7 Å². The number of hydrogen-bond donors (Lipinski definition) is 0. The Labute approximate surface area is 86.6 Å². The predicted molar refractivity (Wildman–Crippen MR) is 56.9 cm³/mol. The summed E-state index contributed by atoms with van der Waals surface area (Å²) in [5.41, 5.74) is 0.862. The third kappa shape index (κ3) is 2.22. The first-order chi connectivity index (χ1) is 4.70. The van der Waals surface area contributed by atoms with Crippen LogP contribution in [0, 0.1) is 5.82 Å². The van der Waals surface area contributed by atoms with Gasteiger partial charge in [-0.2, -0.15) is 0 Å². The Hall–Kier alpha value is 0.410. The van der Waals surface area contributed by atoms with E-state index in [9.17, 15) is 4.39 Å². The zero-order valence-electron chi connectivity index (χ0n) is 4.89. The van der Waals surface area contributed by atoms with Gasteiger partial charge in [-0.05, 0) is 18.2 Å². The molecule has 0 atom stereocenters. The minimum atomic E-state index is -0.198. The molecule has 0 bridgehead atoms. The van der Waals surface area contributed by atoms with Crippen molar-refractivity contribution in [2.75, 3.05) is 1.33 Å². The van der Waals surface area contributed by atoms with Gasteiger partial charge in [-0.1, -0.05) is 6.07 Å². The smallest absolute Gasteiger partial charge is 0.125 e. The summed E-state index contributed by atoms with van der Waals surface area (Å²) in [6.07, 6.45) is 0. The molecule has 0 aliphatic heterocycles. The van der Waals surface area contributed by atoms with Gasteiger partial charge in [-0.25, -0.2) is 4.39 Å². The van der Waals surface area contributed by atoms with E-state index < -0.39 is 0 Å². The Morgan fingerprint density at radius 1 is 1.30 bits per heavy atom. The fraction of sp³-hybridized carbons (Fsp3) is 0. The summed E-state index contributed by atoms with van der Waals surface area (Å²) in [5.74, 6) is -0.198. The van der Waals surface area contributed by atoms with Gasteiger partial charge in [0.15, 0.2) is 0 Å². The summed E-state index contributed by atoms with van der Waals surface area (Å²) in [7, 11) is 0. The molecule has 0 heterocycles. The Kier molecular flexibility index (Phi) is 3.15. The average molecular weight is 363 g/mol. The van der Waals surface area contributed by atoms with Crippen molar-refractivity contribution in [2.24, 2.45) is 0 Å². The molecule has 1 nitrogen and oxygen atoms in total. The third-order valence-electron chi connectivity index (χ3n) is 1.00. The summed E-state index contributed by atoms with van der Waals surface area (Å²) in [6, 6.07) is 6.45. The van der Waals surface area contributed by atoms with Gasteiger partial charge in [0.1, 0.15) is 5.82 Å². The van der Waals surface area contributed by atoms with E-state index in [1.54, 1.807) is 7.39 Å². The van der Waals surface area contributed by atoms with Gasteiger partial charge in [0, 0.05) is 0 Å². The van der Waals surface area contributed by atoms with Crippen LogP contribution >= 0.6 is 45.7 Å². The number of halogens is 3. The molecule has 1 rings (SSSR count). The van der Waals surface area contributed by atoms with Crippen LogP contribution in [0.5, 0.6) is 0 Å². The van der Waals surface area contributed by atoms with E-state index in [4.69, 9.17) is 0 Å². The van der Waals surface area contributed by atoms with Crippen LogP contribution in [0.15, 0.2) is 24.3 Å². The van der Waals surface area contributed by atoms with Crippen molar-refractivity contribution in [3.63, 3.8) is 0 Å². The van der Waals surface area contributed by atoms with Crippen LogP contribution in [0.25, 0.3) is 0 Å². The highest BCUT2D eigenvalue weighted by Gasteiger charge is 1.97. The summed E-state index contributed by atoms with van der Waals surface area (Å²) < 4.78 is 14.3. The second kappa shape index (κ2) is 3.70. The molecule has 0 N–H and O–H groups in total. The number of benzene rings is 1. The van der Waals surface area contributed by atoms with Crippen molar-refractivity contribution in [2.45, 2.75) is 0 Å². The molecule has 0 spiro atoms. The molecule has 0 saturated heterocycles. The lowest BCUT2D eigenvalue weighted by molar-refractivity contribution is 0.628. The maximum atomic E-state index is 12.5. The highest BCUT2D eigenvalue weighted by molar-refractivity contribution is 14.2. The first-order valence-electron chi connectivity index (χ1n) is 2.57. The van der Waals surface area contributed by atoms with Gasteiger partial charge in [0.25, 0.3) is 0 Å². The molecule has 0 unspecified atom stereocenters. The van der Waals surface area contributed by atoms with Crippen molar-refractivity contribution in [3.05, 3.63) is 30.1 Å². The van der Waals surface area contributed by atoms with Gasteiger partial charge in [0.05, 0.1) is 51.4 Å². The zero-order chi connectivity index (χ0) is 7.56. The summed E-state index contributed by atoms with van der Waals surface area (Å²) in [5, 5.41) is 0. The standard InChI is InChI=1S/C6H4FI2N/c7-5-2-1-3-6(4-5)10(8)9/h1-4H. The summed E-state index contributed by atoms with van der Waals surface area (Å²) >= 11 is 4.16. The second-order valence-electron chi connectivity index (χ2n) is 1.71. The fourth-order valence-corrected chi connectivity index (χ4v) is 1.18. The van der Waals surface area contributed by atoms with Crippen LogP contribution in [0.2, 0.25) is 0 Å². The van der Waals surface area contributed by atoms with Gasteiger partial charge < -0.3 is 0 Å². The van der Waals surface area contributed by atoms with Crippen LogP contribution in [0.3, 0.4) is 0 Å². The lowest BCUT2D eigenvalue weighted by atomic mass is 10.3. The second-order valence-corrected chi connectivity index (χ2v) is 5.49. The SMILES string of the molecule is Fc1cccc(N(I)I)c1. The molecular weight excluding hydrogens is 359 g/mol. The molecule has 10 heavy (non-hydrogen) atoms. The van der Waals surface area contributed by atoms with Crippen LogP contribution < -0.4 is 1.33 Å². The van der Waals surface area contributed by atoms with Crippen molar-refractivity contribution < 1.29 is 4.39 Å². The lowest BCUT2D eigenvalue weighted by Crippen LogP contribution is -1.88. The highest BCUT2D eigenvalue weighted by atomic mass is 127. The van der Waals surface area contributed by atoms with Gasteiger partial charge in [-0.3, -0.25) is 1.33 Å². The molecule has 0 aromatic heterocycles. The third-order valence-corrected chi connectivity index (χ3v) is 2.12. The van der Waals surface area contributed by atoms with Crippen molar-refractivity contribution in [1.29, 1.82) is 0 Å². The summed E-state index contributed by atoms with van der Waals surface area (Å²) in [6.45, 7) is 0. The minimum absolute atomic E-state index is 0.198. The van der Waals surface area contributed by atoms with Crippen molar-refractivity contribution in [3.8, 4) is 0 Å². The van der Waals surface area contributed by atoms with Crippen LogP contribution in [-0.2, 0) is 0 Å². The first kappa shape index (κ1) is 8.51. The molecule has 0 aliphatic carbocycles. The Balaban J connectivity index is 2.96. The van der Waals surface area contributed by atoms with E-state index in [0.717, 1.165) is 5.69 Å². The monoisotopic (exact) mass is 363 g/mol. The maximum absolute atomic E-state index is 12.5. The van der Waals surface area contributed by atoms with E-state index in [1.807, 2.05) is 6.07 Å². The Bertz CT molecular complexity index is 227. The molecule has 0 amide bonds. The zero-order valence-corrected chi connectivity index (χ0v) is 9.21. The number of hydrogen-bond acceptors (Lipinski definition) is 1. The number of nitrogens with zero attached hydrogens (tertiary/aromatic N) is 1. The molecule has 1 aromatic rings. The quantitative estimate of drug-likeness (QED) is 0.547. The van der Waals surface area contributed by atoms with Gasteiger partial charge >= 0.3 is 0 Å². The van der Waals surface area contributed by atoms with Crippen molar-refractivity contribution in [1.82, 2.24) is 0 Å². The normalized spacial score (nSPS) is 9.50. The number of rotatable bonds is 1. The van der Waals surface area contributed by atoms with Gasteiger partial charge in [-0.15, -0.1) is 0 Å². The average Bonchev–Trinajstić information content (AvgIpc) is 1.88.